The van der Waals surface area contributed by atoms with Crippen LogP contribution < -0.4 is 0 Å². The molecule has 0 saturated heterocycles. The summed E-state index contributed by atoms with van der Waals surface area (Å²) in [5.74, 6) is -0.727. The van der Waals surface area contributed by atoms with Crippen LogP contribution in [-0.2, 0) is 6.42 Å². The van der Waals surface area contributed by atoms with Gasteiger partial charge in [0.2, 0.25) is 0 Å². The van der Waals surface area contributed by atoms with E-state index < -0.39 is 5.97 Å². The number of hydrogen-bond acceptors (Lipinski definition) is 2. The minimum atomic E-state index is -1.04. The summed E-state index contributed by atoms with van der Waals surface area (Å²) in [7, 11) is 0. The second-order valence-electron chi connectivity index (χ2n) is 5.21. The van der Waals surface area contributed by atoms with Crippen molar-refractivity contribution < 1.29 is 9.90 Å². The molecule has 20 heavy (non-hydrogen) atoms. The number of nitrogens with zero attached hydrogens (tertiary/aromatic N) is 2. The highest BCUT2D eigenvalue weighted by Crippen LogP contribution is 2.26. The summed E-state index contributed by atoms with van der Waals surface area (Å²) >= 11 is 6.23. The van der Waals surface area contributed by atoms with E-state index in [1.54, 1.807) is 0 Å². The van der Waals surface area contributed by atoms with Crippen molar-refractivity contribution in [2.24, 2.45) is 5.92 Å². The van der Waals surface area contributed by atoms with Crippen LogP contribution in [0.4, 0.5) is 0 Å². The van der Waals surface area contributed by atoms with E-state index >= 15 is 0 Å². The Balaban J connectivity index is 2.61. The number of carboxylic acid groups (broad SMARTS) is 1. The van der Waals surface area contributed by atoms with E-state index in [0.717, 1.165) is 11.3 Å². The van der Waals surface area contributed by atoms with Crippen LogP contribution in [0.5, 0.6) is 0 Å². The Kier molecular flexibility index (Phi) is 4.14. The van der Waals surface area contributed by atoms with Gasteiger partial charge >= 0.3 is 5.97 Å². The minimum Gasteiger partial charge on any atom is -0.478 e. The highest BCUT2D eigenvalue weighted by Gasteiger charge is 2.23. The molecule has 1 heterocycles. The fourth-order valence-corrected chi connectivity index (χ4v) is 2.46. The van der Waals surface area contributed by atoms with Crippen LogP contribution in [0.1, 0.15) is 35.5 Å². The maximum Gasteiger partial charge on any atom is 0.340 e. The van der Waals surface area contributed by atoms with Gasteiger partial charge < -0.3 is 5.11 Å². The number of para-hydroxylation sites is 1. The van der Waals surface area contributed by atoms with Crippen molar-refractivity contribution in [3.63, 3.8) is 0 Å². The van der Waals surface area contributed by atoms with Crippen LogP contribution in [-0.4, -0.2) is 20.9 Å². The van der Waals surface area contributed by atoms with Crippen LogP contribution in [0.2, 0.25) is 5.15 Å². The number of benzene rings is 1. The summed E-state index contributed by atoms with van der Waals surface area (Å²) in [6.45, 7) is 5.98. The Morgan fingerprint density at radius 3 is 2.60 bits per heavy atom. The van der Waals surface area contributed by atoms with Gasteiger partial charge in [-0.3, -0.25) is 0 Å². The molecule has 0 radical (unpaired) electrons. The normalized spacial score (nSPS) is 11.1. The lowest BCUT2D eigenvalue weighted by atomic mass is 10.1. The van der Waals surface area contributed by atoms with E-state index in [0.29, 0.717) is 18.0 Å². The van der Waals surface area contributed by atoms with Crippen LogP contribution >= 0.6 is 11.6 Å². The fourth-order valence-electron chi connectivity index (χ4n) is 2.14. The van der Waals surface area contributed by atoms with E-state index in [-0.39, 0.29) is 10.7 Å². The smallest absolute Gasteiger partial charge is 0.340 e. The summed E-state index contributed by atoms with van der Waals surface area (Å²) in [5, 5.41) is 13.9. The molecule has 0 amide bonds. The first-order valence-electron chi connectivity index (χ1n) is 6.48. The molecular formula is C15H17ClN2O2. The highest BCUT2D eigenvalue weighted by atomic mass is 35.5. The molecule has 0 saturated carbocycles. The van der Waals surface area contributed by atoms with Crippen molar-refractivity contribution in [3.05, 3.63) is 46.2 Å². The first-order valence-corrected chi connectivity index (χ1v) is 6.86. The molecular weight excluding hydrogens is 276 g/mol. The van der Waals surface area contributed by atoms with Crippen LogP contribution in [0.3, 0.4) is 0 Å². The van der Waals surface area contributed by atoms with Gasteiger partial charge in [0.1, 0.15) is 10.7 Å². The molecule has 5 heteroatoms. The van der Waals surface area contributed by atoms with Crippen LogP contribution in [0, 0.1) is 12.8 Å². The molecule has 0 aliphatic carbocycles. The molecule has 2 aromatic rings. The largest absolute Gasteiger partial charge is 0.478 e. The molecule has 0 fully saturated rings. The van der Waals surface area contributed by atoms with E-state index in [2.05, 4.69) is 5.10 Å². The molecule has 0 aliphatic rings. The fraction of sp³-hybridized carbons (Fsp3) is 0.333. The molecule has 0 unspecified atom stereocenters. The highest BCUT2D eigenvalue weighted by molar-refractivity contribution is 6.33. The quantitative estimate of drug-likeness (QED) is 0.934. The first kappa shape index (κ1) is 14.6. The van der Waals surface area contributed by atoms with E-state index in [1.807, 2.05) is 45.0 Å². The predicted octanol–water partition coefficient (Wildman–Crippen LogP) is 3.73. The zero-order chi connectivity index (χ0) is 14.9. The van der Waals surface area contributed by atoms with Gasteiger partial charge in [0, 0.05) is 0 Å². The van der Waals surface area contributed by atoms with Crippen molar-refractivity contribution in [1.29, 1.82) is 0 Å². The molecule has 0 atom stereocenters. The van der Waals surface area contributed by atoms with E-state index in [1.165, 1.54) is 4.68 Å². The van der Waals surface area contributed by atoms with Crippen molar-refractivity contribution in [1.82, 2.24) is 9.78 Å². The molecule has 0 spiro atoms. The van der Waals surface area contributed by atoms with Crippen LogP contribution in [0.25, 0.3) is 5.69 Å². The van der Waals surface area contributed by atoms with Gasteiger partial charge in [0.05, 0.1) is 11.4 Å². The second kappa shape index (κ2) is 5.67. The third kappa shape index (κ3) is 2.70. The van der Waals surface area contributed by atoms with E-state index in [4.69, 9.17) is 11.6 Å². The summed E-state index contributed by atoms with van der Waals surface area (Å²) in [5.41, 5.74) is 2.42. The van der Waals surface area contributed by atoms with Crippen molar-refractivity contribution in [2.45, 2.75) is 27.2 Å². The Labute approximate surface area is 123 Å². The van der Waals surface area contributed by atoms with Gasteiger partial charge in [-0.15, -0.1) is 0 Å². The SMILES string of the molecule is Cc1ccccc1-n1nc(CC(C)C)c(C(=O)O)c1Cl. The summed E-state index contributed by atoms with van der Waals surface area (Å²) in [6.07, 6.45) is 0.584. The number of rotatable bonds is 4. The molecule has 4 nitrogen and oxygen atoms in total. The maximum absolute atomic E-state index is 11.4. The molecule has 2 rings (SSSR count). The summed E-state index contributed by atoms with van der Waals surface area (Å²) < 4.78 is 1.51. The Hall–Kier alpha value is -1.81. The molecule has 1 N–H and O–H groups in total. The van der Waals surface area contributed by atoms with Crippen molar-refractivity contribution >= 4 is 17.6 Å². The van der Waals surface area contributed by atoms with Gasteiger partial charge in [0.15, 0.2) is 0 Å². The third-order valence-electron chi connectivity index (χ3n) is 3.06. The van der Waals surface area contributed by atoms with Crippen molar-refractivity contribution in [2.75, 3.05) is 0 Å². The predicted molar refractivity (Wildman–Crippen MR) is 78.8 cm³/mol. The summed E-state index contributed by atoms with van der Waals surface area (Å²) in [6, 6.07) is 7.61. The van der Waals surface area contributed by atoms with Gasteiger partial charge in [-0.25, -0.2) is 9.48 Å². The monoisotopic (exact) mass is 292 g/mol. The van der Waals surface area contributed by atoms with Crippen LogP contribution in [0.15, 0.2) is 24.3 Å². The maximum atomic E-state index is 11.4. The molecule has 0 aliphatic heterocycles. The molecule has 1 aromatic heterocycles. The van der Waals surface area contributed by atoms with E-state index in [9.17, 15) is 9.90 Å². The second-order valence-corrected chi connectivity index (χ2v) is 5.57. The molecule has 106 valence electrons. The third-order valence-corrected chi connectivity index (χ3v) is 3.41. The number of carbonyl (C=O) groups is 1. The Morgan fingerprint density at radius 2 is 2.05 bits per heavy atom. The number of aromatic nitrogens is 2. The average Bonchev–Trinajstić information content (AvgIpc) is 2.66. The molecule has 1 aromatic carbocycles. The number of hydrogen-bond donors (Lipinski definition) is 1. The lowest BCUT2D eigenvalue weighted by molar-refractivity contribution is 0.0695. The zero-order valence-electron chi connectivity index (χ0n) is 11.7. The number of halogens is 1. The average molecular weight is 293 g/mol. The minimum absolute atomic E-state index is 0.101. The Bertz CT molecular complexity index is 647. The first-order chi connectivity index (χ1) is 9.41. The summed E-state index contributed by atoms with van der Waals surface area (Å²) in [4.78, 5) is 11.4. The van der Waals surface area contributed by atoms with Gasteiger partial charge in [-0.2, -0.15) is 5.10 Å². The van der Waals surface area contributed by atoms with Crippen molar-refractivity contribution in [3.8, 4) is 5.69 Å². The number of aryl methyl sites for hydroxylation is 1. The van der Waals surface area contributed by atoms with Gasteiger partial charge in [-0.05, 0) is 30.9 Å². The lowest BCUT2D eigenvalue weighted by Gasteiger charge is -2.06. The lowest BCUT2D eigenvalue weighted by Crippen LogP contribution is -2.03. The standard InChI is InChI=1S/C15H17ClN2O2/c1-9(2)8-11-13(15(19)20)14(16)18(17-11)12-7-5-4-6-10(12)3/h4-7,9H,8H2,1-3H3,(H,19,20). The van der Waals surface area contributed by atoms with Gasteiger partial charge in [0.25, 0.3) is 0 Å². The number of carboxylic acids is 1. The zero-order valence-corrected chi connectivity index (χ0v) is 12.5. The topological polar surface area (TPSA) is 55.1 Å². The number of aromatic carboxylic acids is 1. The Morgan fingerprint density at radius 1 is 1.40 bits per heavy atom. The van der Waals surface area contributed by atoms with Gasteiger partial charge in [-0.1, -0.05) is 43.6 Å². The molecule has 0 bridgehead atoms.